The predicted octanol–water partition coefficient (Wildman–Crippen LogP) is 7.86. The van der Waals surface area contributed by atoms with Crippen LogP contribution in [0.2, 0.25) is 0 Å². The summed E-state index contributed by atoms with van der Waals surface area (Å²) in [4.78, 5) is 23.3. The molecule has 0 N–H and O–H groups in total. The molecule has 5 aromatic rings. The molecule has 7 rings (SSSR count). The maximum atomic E-state index is 13.0. The molecule has 1 fully saturated rings. The van der Waals surface area contributed by atoms with Crippen molar-refractivity contribution in [3.05, 3.63) is 89.5 Å². The third kappa shape index (κ3) is 3.96. The Hall–Kier alpha value is -4.23. The van der Waals surface area contributed by atoms with Crippen LogP contribution in [0.15, 0.2) is 72.8 Å². The minimum Gasteiger partial charge on any atom is -0.487 e. The summed E-state index contributed by atoms with van der Waals surface area (Å²) in [6.07, 6.45) is 3.48. The number of ether oxygens (including phenoxy) is 1. The molecule has 39 heavy (non-hydrogen) atoms. The van der Waals surface area contributed by atoms with E-state index in [0.29, 0.717) is 28.8 Å². The van der Waals surface area contributed by atoms with Crippen LogP contribution in [0.1, 0.15) is 67.4 Å². The number of carbonyl (C=O) groups is 1. The van der Waals surface area contributed by atoms with Gasteiger partial charge in [0.1, 0.15) is 11.4 Å². The minimum absolute atomic E-state index is 0.227. The lowest BCUT2D eigenvalue weighted by Crippen LogP contribution is -2.46. The third-order valence-corrected chi connectivity index (χ3v) is 8.69. The fourth-order valence-electron chi connectivity index (χ4n) is 6.76. The molecule has 0 saturated heterocycles. The monoisotopic (exact) mass is 510 g/mol. The summed E-state index contributed by atoms with van der Waals surface area (Å²) >= 11 is 0. The molecule has 4 nitrogen and oxygen atoms in total. The van der Waals surface area contributed by atoms with Gasteiger partial charge in [0.05, 0.1) is 22.1 Å². The number of ketones is 1. The van der Waals surface area contributed by atoms with Gasteiger partial charge in [-0.3, -0.25) is 4.79 Å². The first kappa shape index (κ1) is 23.9. The molecule has 0 amide bonds. The van der Waals surface area contributed by atoms with Crippen molar-refractivity contribution >= 4 is 38.6 Å². The second kappa shape index (κ2) is 8.92. The number of carbonyl (C=O) groups excluding carboxylic acids is 1. The number of fused-ring (bicyclic) bond motifs is 9. The smallest absolute Gasteiger partial charge is 0.236 e. The Morgan fingerprint density at radius 1 is 0.897 bits per heavy atom. The van der Waals surface area contributed by atoms with E-state index in [1.165, 1.54) is 12.0 Å². The Kier molecular flexibility index (Phi) is 5.45. The van der Waals surface area contributed by atoms with Crippen LogP contribution < -0.4 is 4.74 Å². The third-order valence-electron chi connectivity index (χ3n) is 8.69. The minimum atomic E-state index is -0.254. The predicted molar refractivity (Wildman–Crippen MR) is 156 cm³/mol. The van der Waals surface area contributed by atoms with E-state index in [1.54, 1.807) is 6.07 Å². The van der Waals surface area contributed by atoms with Gasteiger partial charge in [-0.15, -0.1) is 0 Å². The molecule has 0 spiro atoms. The Morgan fingerprint density at radius 2 is 1.64 bits per heavy atom. The van der Waals surface area contributed by atoms with Crippen LogP contribution in [0.4, 0.5) is 0 Å². The zero-order chi connectivity index (χ0) is 26.7. The lowest BCUT2D eigenvalue weighted by Gasteiger charge is -2.49. The molecule has 0 unspecified atom stereocenters. The first-order valence-electron chi connectivity index (χ1n) is 13.9. The van der Waals surface area contributed by atoms with Crippen LogP contribution >= 0.6 is 0 Å². The van der Waals surface area contributed by atoms with E-state index in [2.05, 4.69) is 50.8 Å². The van der Waals surface area contributed by atoms with E-state index in [1.807, 2.05) is 48.5 Å². The fourth-order valence-corrected chi connectivity index (χ4v) is 6.76. The van der Waals surface area contributed by atoms with Gasteiger partial charge in [-0.05, 0) is 74.8 Å². The Labute approximate surface area is 228 Å². The maximum absolute atomic E-state index is 13.0. The average molecular weight is 511 g/mol. The normalized spacial score (nSPS) is 21.5. The lowest BCUT2D eigenvalue weighted by molar-refractivity contribution is -0.0115. The van der Waals surface area contributed by atoms with Crippen molar-refractivity contribution in [3.63, 3.8) is 0 Å². The van der Waals surface area contributed by atoms with Crippen LogP contribution in [0.25, 0.3) is 32.8 Å². The second-order valence-corrected chi connectivity index (χ2v) is 11.7. The van der Waals surface area contributed by atoms with Gasteiger partial charge in [0.2, 0.25) is 5.78 Å². The van der Waals surface area contributed by atoms with E-state index in [4.69, 9.17) is 14.7 Å². The molecule has 0 radical (unpaired) electrons. The van der Waals surface area contributed by atoms with Crippen molar-refractivity contribution < 1.29 is 9.53 Å². The summed E-state index contributed by atoms with van der Waals surface area (Å²) in [5, 5.41) is 2.15. The summed E-state index contributed by atoms with van der Waals surface area (Å²) in [6.45, 7) is 6.84. The highest BCUT2D eigenvalue weighted by atomic mass is 16.5. The van der Waals surface area contributed by atoms with Crippen LogP contribution in [-0.4, -0.2) is 21.4 Å². The van der Waals surface area contributed by atoms with Crippen molar-refractivity contribution in [3.8, 4) is 17.6 Å². The maximum Gasteiger partial charge on any atom is 0.236 e. The highest BCUT2D eigenvalue weighted by Crippen LogP contribution is 2.56. The van der Waals surface area contributed by atoms with Gasteiger partial charge >= 0.3 is 0 Å². The molecule has 1 aromatic heterocycles. The first-order valence-corrected chi connectivity index (χ1v) is 13.9. The van der Waals surface area contributed by atoms with E-state index in [9.17, 15) is 4.79 Å². The van der Waals surface area contributed by atoms with Gasteiger partial charge in [-0.25, -0.2) is 9.97 Å². The van der Waals surface area contributed by atoms with Gasteiger partial charge in [0.15, 0.2) is 0 Å². The summed E-state index contributed by atoms with van der Waals surface area (Å²) in [7, 11) is 0. The quantitative estimate of drug-likeness (QED) is 0.0997. The Morgan fingerprint density at radius 3 is 2.46 bits per heavy atom. The van der Waals surface area contributed by atoms with Crippen molar-refractivity contribution in [1.82, 2.24) is 9.97 Å². The molecule has 2 aliphatic rings. The largest absolute Gasteiger partial charge is 0.487 e. The molecule has 192 valence electrons. The number of Topliss-reactive ketones (excluding diaryl/α,β-unsaturated/α-hetero) is 1. The molecule has 4 aromatic carbocycles. The molecule has 2 heterocycles. The van der Waals surface area contributed by atoms with E-state index in [-0.39, 0.29) is 11.4 Å². The zero-order valence-electron chi connectivity index (χ0n) is 22.5. The molecule has 1 aliphatic carbocycles. The molecule has 1 aliphatic heterocycles. The molecule has 0 bridgehead atoms. The number of hydrogen-bond acceptors (Lipinski definition) is 4. The van der Waals surface area contributed by atoms with E-state index in [0.717, 1.165) is 51.5 Å². The number of aromatic nitrogens is 2. The number of nitrogens with zero attached hydrogens (tertiary/aromatic N) is 2. The summed E-state index contributed by atoms with van der Waals surface area (Å²) in [6, 6.07) is 23.5. The summed E-state index contributed by atoms with van der Waals surface area (Å²) in [5.41, 5.74) is 5.55. The average Bonchev–Trinajstić information content (AvgIpc) is 2.95. The van der Waals surface area contributed by atoms with E-state index >= 15 is 0 Å². The van der Waals surface area contributed by atoms with Gasteiger partial charge in [0.25, 0.3) is 0 Å². The first-order chi connectivity index (χ1) is 18.9. The topological polar surface area (TPSA) is 52.1 Å². The van der Waals surface area contributed by atoms with Gasteiger partial charge in [-0.1, -0.05) is 61.7 Å². The van der Waals surface area contributed by atoms with Crippen molar-refractivity contribution in [1.29, 1.82) is 0 Å². The van der Waals surface area contributed by atoms with Gasteiger partial charge < -0.3 is 4.74 Å². The fraction of sp³-hybridized carbons (Fsp3) is 0.286. The van der Waals surface area contributed by atoms with Crippen LogP contribution in [0.3, 0.4) is 0 Å². The van der Waals surface area contributed by atoms with Crippen molar-refractivity contribution in [2.75, 3.05) is 0 Å². The molecule has 1 saturated carbocycles. The summed E-state index contributed by atoms with van der Waals surface area (Å²) in [5.74, 6) is 7.91. The van der Waals surface area contributed by atoms with Crippen LogP contribution in [0, 0.1) is 23.7 Å². The van der Waals surface area contributed by atoms with Crippen molar-refractivity contribution in [2.24, 2.45) is 11.8 Å². The molecular formula is C35H30N2O2. The highest BCUT2D eigenvalue weighted by Gasteiger charge is 2.47. The molecule has 4 heteroatoms. The van der Waals surface area contributed by atoms with Crippen LogP contribution in [-0.2, 0) is 0 Å². The Bertz CT molecular complexity index is 1850. The van der Waals surface area contributed by atoms with Gasteiger partial charge in [0, 0.05) is 33.4 Å². The standard InChI is InChI=1S/C35H30N2O2/c1-21-13-16-27-26(19-21)31-33-32(24-11-7-8-12-25(24)34(31)39-35(27,2)3)36-28-17-15-23(20-29(28)37-33)30(38)18-14-22-9-5-4-6-10-22/h4-12,15,17,20-21,26-27H,13,16,19H2,1-3H3/t21-,26-,27-/m0/s1. The lowest BCUT2D eigenvalue weighted by atomic mass is 9.64. The number of benzene rings is 4. The van der Waals surface area contributed by atoms with Crippen molar-refractivity contribution in [2.45, 2.75) is 51.6 Å². The molecular weight excluding hydrogens is 480 g/mol. The highest BCUT2D eigenvalue weighted by molar-refractivity contribution is 6.13. The second-order valence-electron chi connectivity index (χ2n) is 11.7. The molecule has 3 atom stereocenters. The zero-order valence-corrected chi connectivity index (χ0v) is 22.5. The summed E-state index contributed by atoms with van der Waals surface area (Å²) < 4.78 is 6.85. The van der Waals surface area contributed by atoms with E-state index < -0.39 is 0 Å². The Balaban J connectivity index is 1.44. The number of rotatable bonds is 1. The van der Waals surface area contributed by atoms with Crippen LogP contribution in [0.5, 0.6) is 5.75 Å². The number of hydrogen-bond donors (Lipinski definition) is 0. The SMILES string of the molecule is C[C@H]1CC[C@H]2[C@H](C1)c1c(c3ccccc3c3nc4ccc(C(=O)C#Cc5ccccc5)cc4nc13)OC2(C)C. The van der Waals surface area contributed by atoms with Gasteiger partial charge in [-0.2, -0.15) is 0 Å².